The molecule has 0 bridgehead atoms. The maximum Gasteiger partial charge on any atom is 0.262 e. The van der Waals surface area contributed by atoms with E-state index in [9.17, 15) is 4.79 Å². The monoisotopic (exact) mass is 366 g/mol. The van der Waals surface area contributed by atoms with Gasteiger partial charge in [-0.3, -0.25) is 4.79 Å². The van der Waals surface area contributed by atoms with Gasteiger partial charge in [0, 0.05) is 18.3 Å². The number of carbonyl (C=O) groups excluding carboxylic acids is 1. The van der Waals surface area contributed by atoms with E-state index in [2.05, 4.69) is 26.9 Å². The molecule has 8 heteroatoms. The Hall–Kier alpha value is -3.18. The van der Waals surface area contributed by atoms with Crippen molar-refractivity contribution in [3.63, 3.8) is 0 Å². The second-order valence-corrected chi connectivity index (χ2v) is 6.86. The number of nitrogens with one attached hydrogen (secondary N) is 2. The first-order valence-electron chi connectivity index (χ1n) is 8.01. The Morgan fingerprint density at radius 3 is 2.92 bits per heavy atom. The van der Waals surface area contributed by atoms with E-state index < -0.39 is 6.04 Å². The van der Waals surface area contributed by atoms with Gasteiger partial charge in [0.1, 0.15) is 17.8 Å². The summed E-state index contributed by atoms with van der Waals surface area (Å²) in [4.78, 5) is 16.6. The Kier molecular flexibility index (Phi) is 5.00. The summed E-state index contributed by atoms with van der Waals surface area (Å²) in [6.45, 7) is 3.64. The van der Waals surface area contributed by atoms with Crippen molar-refractivity contribution in [2.45, 2.75) is 19.9 Å². The van der Waals surface area contributed by atoms with E-state index in [0.29, 0.717) is 10.8 Å². The summed E-state index contributed by atoms with van der Waals surface area (Å²) in [5.41, 5.74) is 5.65. The van der Waals surface area contributed by atoms with Crippen LogP contribution in [0.3, 0.4) is 0 Å². The van der Waals surface area contributed by atoms with Crippen molar-refractivity contribution in [3.8, 4) is 6.07 Å². The minimum atomic E-state index is -0.487. The Balaban J connectivity index is 1.61. The molecule has 0 unspecified atom stereocenters. The predicted molar refractivity (Wildman–Crippen MR) is 103 cm³/mol. The summed E-state index contributed by atoms with van der Waals surface area (Å²) < 4.78 is 2.84. The Bertz CT molecular complexity index is 993. The van der Waals surface area contributed by atoms with Gasteiger partial charge < -0.3 is 9.88 Å². The molecular weight excluding hydrogens is 348 g/mol. The molecule has 3 aromatic rings. The van der Waals surface area contributed by atoms with Crippen LogP contribution < -0.4 is 10.7 Å². The lowest BCUT2D eigenvalue weighted by Gasteiger charge is -2.10. The summed E-state index contributed by atoms with van der Waals surface area (Å²) in [5, 5.41) is 16.8. The molecular formula is C18H18N6OS. The largest absolute Gasteiger partial charge is 0.350 e. The molecule has 1 atom stereocenters. The van der Waals surface area contributed by atoms with Gasteiger partial charge in [-0.05, 0) is 32.0 Å². The number of carbonyl (C=O) groups is 1. The van der Waals surface area contributed by atoms with Crippen molar-refractivity contribution in [2.75, 3.05) is 5.32 Å². The standard InChI is InChI=1S/C18H18N6OS/c1-11(21-18-22-15-6-4-5-7-16(15)26-18)17(25)23-20-10-13-8-14(9-19)24(3)12(13)2/h4-8,10-11H,1-3H3,(H,21,22)(H,23,25)/b20-10-/t11-/m0/s1. The molecule has 0 saturated carbocycles. The molecule has 7 nitrogen and oxygen atoms in total. The summed E-state index contributed by atoms with van der Waals surface area (Å²) in [7, 11) is 1.81. The average molecular weight is 366 g/mol. The van der Waals surface area contributed by atoms with Gasteiger partial charge in [-0.1, -0.05) is 23.5 Å². The maximum atomic E-state index is 12.2. The van der Waals surface area contributed by atoms with Crippen molar-refractivity contribution in [3.05, 3.63) is 47.3 Å². The van der Waals surface area contributed by atoms with E-state index in [4.69, 9.17) is 5.26 Å². The van der Waals surface area contributed by atoms with Crippen LogP contribution in [0.5, 0.6) is 0 Å². The average Bonchev–Trinajstić information content (AvgIpc) is 3.16. The minimum Gasteiger partial charge on any atom is -0.350 e. The zero-order valence-electron chi connectivity index (χ0n) is 14.6. The fraction of sp³-hybridized carbons (Fsp3) is 0.222. The number of rotatable bonds is 5. The molecule has 0 aliphatic rings. The van der Waals surface area contributed by atoms with Crippen LogP contribution in [0.2, 0.25) is 0 Å². The number of hydrogen-bond donors (Lipinski definition) is 2. The number of fused-ring (bicyclic) bond motifs is 1. The van der Waals surface area contributed by atoms with Crippen LogP contribution in [0.4, 0.5) is 5.13 Å². The van der Waals surface area contributed by atoms with Crippen LogP contribution in [-0.4, -0.2) is 27.7 Å². The molecule has 1 aromatic carbocycles. The van der Waals surface area contributed by atoms with E-state index >= 15 is 0 Å². The molecule has 3 rings (SSSR count). The Morgan fingerprint density at radius 1 is 1.46 bits per heavy atom. The summed E-state index contributed by atoms with van der Waals surface area (Å²) in [6.07, 6.45) is 1.54. The van der Waals surface area contributed by atoms with E-state index in [1.54, 1.807) is 23.8 Å². The summed E-state index contributed by atoms with van der Waals surface area (Å²) >= 11 is 1.50. The molecule has 0 aliphatic heterocycles. The fourth-order valence-electron chi connectivity index (χ4n) is 2.41. The van der Waals surface area contributed by atoms with Crippen LogP contribution in [-0.2, 0) is 11.8 Å². The van der Waals surface area contributed by atoms with E-state index in [-0.39, 0.29) is 5.91 Å². The molecule has 2 heterocycles. The van der Waals surface area contributed by atoms with Crippen molar-refractivity contribution < 1.29 is 4.79 Å². The van der Waals surface area contributed by atoms with Crippen molar-refractivity contribution in [1.29, 1.82) is 5.26 Å². The van der Waals surface area contributed by atoms with Crippen LogP contribution in [0.1, 0.15) is 23.9 Å². The normalized spacial score (nSPS) is 12.2. The third kappa shape index (κ3) is 3.58. The number of anilines is 1. The lowest BCUT2D eigenvalue weighted by atomic mass is 10.3. The second-order valence-electron chi connectivity index (χ2n) is 5.83. The molecule has 0 saturated heterocycles. The van der Waals surface area contributed by atoms with Gasteiger partial charge in [0.2, 0.25) is 0 Å². The fourth-order valence-corrected chi connectivity index (χ4v) is 3.36. The van der Waals surface area contributed by atoms with Crippen LogP contribution in [0, 0.1) is 18.3 Å². The molecule has 1 amide bonds. The molecule has 0 fully saturated rings. The quantitative estimate of drug-likeness (QED) is 0.536. The van der Waals surface area contributed by atoms with Gasteiger partial charge in [-0.15, -0.1) is 0 Å². The number of nitriles is 1. The molecule has 0 spiro atoms. The molecule has 0 aliphatic carbocycles. The van der Waals surface area contributed by atoms with Gasteiger partial charge in [0.25, 0.3) is 5.91 Å². The van der Waals surface area contributed by atoms with Crippen molar-refractivity contribution in [2.24, 2.45) is 12.1 Å². The van der Waals surface area contributed by atoms with Gasteiger partial charge in [0.05, 0.1) is 16.4 Å². The third-order valence-electron chi connectivity index (χ3n) is 4.09. The summed E-state index contributed by atoms with van der Waals surface area (Å²) in [5.74, 6) is -0.269. The van der Waals surface area contributed by atoms with Crippen LogP contribution in [0.15, 0.2) is 35.4 Å². The van der Waals surface area contributed by atoms with E-state index in [1.165, 1.54) is 11.3 Å². The SMILES string of the molecule is Cc1c(/C=N\NC(=O)[C@H](C)Nc2nc3ccccc3s2)cc(C#N)n1C. The summed E-state index contributed by atoms with van der Waals surface area (Å²) in [6, 6.07) is 11.2. The minimum absolute atomic E-state index is 0.269. The number of thiazole rings is 1. The predicted octanol–water partition coefficient (Wildman–Crippen LogP) is 2.77. The van der Waals surface area contributed by atoms with Crippen LogP contribution in [0.25, 0.3) is 10.2 Å². The zero-order chi connectivity index (χ0) is 18.7. The molecule has 26 heavy (non-hydrogen) atoms. The second kappa shape index (κ2) is 7.37. The number of hydrogen-bond acceptors (Lipinski definition) is 6. The zero-order valence-corrected chi connectivity index (χ0v) is 15.5. The van der Waals surface area contributed by atoms with Gasteiger partial charge >= 0.3 is 0 Å². The highest BCUT2D eigenvalue weighted by Gasteiger charge is 2.14. The number of hydrazone groups is 1. The first kappa shape index (κ1) is 17.6. The lowest BCUT2D eigenvalue weighted by Crippen LogP contribution is -2.34. The molecule has 2 N–H and O–H groups in total. The number of amides is 1. The lowest BCUT2D eigenvalue weighted by molar-refractivity contribution is -0.121. The van der Waals surface area contributed by atoms with Gasteiger partial charge in [-0.25, -0.2) is 10.4 Å². The number of nitrogens with zero attached hydrogens (tertiary/aromatic N) is 4. The van der Waals surface area contributed by atoms with Crippen molar-refractivity contribution >= 4 is 38.8 Å². The number of aromatic nitrogens is 2. The first-order chi connectivity index (χ1) is 12.5. The molecule has 132 valence electrons. The number of benzene rings is 1. The topological polar surface area (TPSA) is 95.1 Å². The van der Waals surface area contributed by atoms with Crippen LogP contribution >= 0.6 is 11.3 Å². The number of para-hydroxylation sites is 1. The smallest absolute Gasteiger partial charge is 0.262 e. The third-order valence-corrected chi connectivity index (χ3v) is 5.06. The van der Waals surface area contributed by atoms with E-state index in [0.717, 1.165) is 21.5 Å². The highest BCUT2D eigenvalue weighted by atomic mass is 32.1. The molecule has 0 radical (unpaired) electrons. The highest BCUT2D eigenvalue weighted by Crippen LogP contribution is 2.25. The van der Waals surface area contributed by atoms with E-state index in [1.807, 2.05) is 38.2 Å². The van der Waals surface area contributed by atoms with Gasteiger partial charge in [0.15, 0.2) is 5.13 Å². The van der Waals surface area contributed by atoms with Crippen molar-refractivity contribution in [1.82, 2.24) is 15.0 Å². The maximum absolute atomic E-state index is 12.2. The highest BCUT2D eigenvalue weighted by molar-refractivity contribution is 7.22. The van der Waals surface area contributed by atoms with Gasteiger partial charge in [-0.2, -0.15) is 10.4 Å². The first-order valence-corrected chi connectivity index (χ1v) is 8.82. The molecule has 2 aromatic heterocycles. The Labute approximate surface area is 155 Å². The Morgan fingerprint density at radius 2 is 2.23 bits per heavy atom.